The van der Waals surface area contributed by atoms with Gasteiger partial charge in [-0.3, -0.25) is 4.79 Å². The minimum Gasteiger partial charge on any atom is -0.482 e. The van der Waals surface area contributed by atoms with Crippen LogP contribution in [-0.2, 0) is 15.8 Å². The second-order valence-corrected chi connectivity index (χ2v) is 8.74. The first-order valence-electron chi connectivity index (χ1n) is 9.72. The molecule has 3 rings (SSSR count). The van der Waals surface area contributed by atoms with Gasteiger partial charge in [-0.2, -0.15) is 0 Å². The number of fused-ring (bicyclic) bond motifs is 3. The Morgan fingerprint density at radius 3 is 2.52 bits per heavy atom. The van der Waals surface area contributed by atoms with Crippen LogP contribution >= 0.6 is 0 Å². The van der Waals surface area contributed by atoms with Crippen molar-refractivity contribution in [2.45, 2.75) is 72.3 Å². The standard InChI is InChI=1S/C24H30O3/c1-8-11-23(4,5)17-13-20(26-16(3)25)22-18-12-15(2)9-10-19(18)24(6,7)27-21(22)14-17/h9-10,12-14H,8,11H2,1-7H3. The molecule has 0 aliphatic carbocycles. The van der Waals surface area contributed by atoms with Gasteiger partial charge in [-0.15, -0.1) is 0 Å². The summed E-state index contributed by atoms with van der Waals surface area (Å²) >= 11 is 0. The lowest BCUT2D eigenvalue weighted by atomic mass is 9.78. The van der Waals surface area contributed by atoms with Gasteiger partial charge in [-0.25, -0.2) is 0 Å². The van der Waals surface area contributed by atoms with Crippen molar-refractivity contribution >= 4 is 5.97 Å². The van der Waals surface area contributed by atoms with Crippen molar-refractivity contribution in [3.8, 4) is 22.6 Å². The highest BCUT2D eigenvalue weighted by atomic mass is 16.5. The molecule has 144 valence electrons. The molecule has 3 heteroatoms. The van der Waals surface area contributed by atoms with Crippen LogP contribution < -0.4 is 9.47 Å². The maximum absolute atomic E-state index is 11.8. The fraction of sp³-hybridized carbons (Fsp3) is 0.458. The van der Waals surface area contributed by atoms with Gasteiger partial charge in [0.2, 0.25) is 0 Å². The Bertz CT molecular complexity index is 891. The molecule has 0 radical (unpaired) electrons. The molecular weight excluding hydrogens is 336 g/mol. The molecule has 1 aliphatic heterocycles. The predicted molar refractivity (Wildman–Crippen MR) is 110 cm³/mol. The topological polar surface area (TPSA) is 35.5 Å². The molecule has 3 nitrogen and oxygen atoms in total. The van der Waals surface area contributed by atoms with Crippen molar-refractivity contribution in [1.29, 1.82) is 0 Å². The van der Waals surface area contributed by atoms with Gasteiger partial charge in [0.25, 0.3) is 0 Å². The van der Waals surface area contributed by atoms with E-state index in [0.717, 1.165) is 40.8 Å². The Morgan fingerprint density at radius 1 is 1.19 bits per heavy atom. The molecule has 2 aromatic rings. The van der Waals surface area contributed by atoms with Crippen LogP contribution in [0.15, 0.2) is 30.3 Å². The Balaban J connectivity index is 2.30. The lowest BCUT2D eigenvalue weighted by Gasteiger charge is -2.37. The minimum absolute atomic E-state index is 0.0287. The van der Waals surface area contributed by atoms with Crippen molar-refractivity contribution in [2.75, 3.05) is 0 Å². The molecule has 1 heterocycles. The Hall–Kier alpha value is -2.29. The summed E-state index contributed by atoms with van der Waals surface area (Å²) in [5.74, 6) is 1.05. The number of carbonyl (C=O) groups excluding carboxylic acids is 1. The quantitative estimate of drug-likeness (QED) is 0.471. The van der Waals surface area contributed by atoms with Gasteiger partial charge in [0.05, 0.1) is 5.56 Å². The number of carbonyl (C=O) groups is 1. The molecule has 0 aromatic heterocycles. The SMILES string of the molecule is CCCC(C)(C)c1cc(OC(C)=O)c2c(c1)OC(C)(C)c1ccc(C)cc1-2. The summed E-state index contributed by atoms with van der Waals surface area (Å²) in [7, 11) is 0. The summed E-state index contributed by atoms with van der Waals surface area (Å²) in [6, 6.07) is 10.5. The highest BCUT2D eigenvalue weighted by Gasteiger charge is 2.36. The smallest absolute Gasteiger partial charge is 0.308 e. The van der Waals surface area contributed by atoms with E-state index in [0.29, 0.717) is 5.75 Å². The lowest BCUT2D eigenvalue weighted by Crippen LogP contribution is -2.30. The molecule has 0 unspecified atom stereocenters. The van der Waals surface area contributed by atoms with Gasteiger partial charge in [0.1, 0.15) is 17.1 Å². The van der Waals surface area contributed by atoms with E-state index in [-0.39, 0.29) is 11.4 Å². The number of hydrogen-bond acceptors (Lipinski definition) is 3. The summed E-state index contributed by atoms with van der Waals surface area (Å²) in [6.45, 7) is 14.3. The second kappa shape index (κ2) is 6.70. The molecule has 2 aromatic carbocycles. The number of rotatable bonds is 4. The van der Waals surface area contributed by atoms with Gasteiger partial charge >= 0.3 is 5.97 Å². The molecule has 0 saturated carbocycles. The predicted octanol–water partition coefficient (Wildman–Crippen LogP) is 6.29. The average Bonchev–Trinajstić information content (AvgIpc) is 2.52. The third-order valence-corrected chi connectivity index (χ3v) is 5.43. The summed E-state index contributed by atoms with van der Waals surface area (Å²) < 4.78 is 12.1. The third kappa shape index (κ3) is 3.60. The molecule has 27 heavy (non-hydrogen) atoms. The van der Waals surface area contributed by atoms with Crippen LogP contribution in [0.25, 0.3) is 11.1 Å². The lowest BCUT2D eigenvalue weighted by molar-refractivity contribution is -0.131. The van der Waals surface area contributed by atoms with E-state index >= 15 is 0 Å². The zero-order chi connectivity index (χ0) is 20.0. The molecule has 0 atom stereocenters. The normalized spacial score (nSPS) is 14.8. The van der Waals surface area contributed by atoms with Crippen LogP contribution in [0.4, 0.5) is 0 Å². The molecule has 0 spiro atoms. The fourth-order valence-corrected chi connectivity index (χ4v) is 4.05. The Labute approximate surface area is 162 Å². The average molecular weight is 367 g/mol. The van der Waals surface area contributed by atoms with E-state index in [2.05, 4.69) is 65.8 Å². The van der Waals surface area contributed by atoms with Gasteiger partial charge in [-0.05, 0) is 55.9 Å². The largest absolute Gasteiger partial charge is 0.482 e. The van der Waals surface area contributed by atoms with E-state index < -0.39 is 5.60 Å². The molecule has 1 aliphatic rings. The number of benzene rings is 2. The first kappa shape index (κ1) is 19.5. The highest BCUT2D eigenvalue weighted by Crippen LogP contribution is 2.51. The van der Waals surface area contributed by atoms with E-state index in [4.69, 9.17) is 9.47 Å². The summed E-state index contributed by atoms with van der Waals surface area (Å²) in [6.07, 6.45) is 2.13. The van der Waals surface area contributed by atoms with Gasteiger partial charge < -0.3 is 9.47 Å². The molecule has 0 fully saturated rings. The highest BCUT2D eigenvalue weighted by molar-refractivity contribution is 5.85. The Kier molecular flexibility index (Phi) is 4.83. The van der Waals surface area contributed by atoms with Gasteiger partial charge in [0, 0.05) is 12.5 Å². The Morgan fingerprint density at radius 2 is 1.89 bits per heavy atom. The van der Waals surface area contributed by atoms with Crippen molar-refractivity contribution in [3.63, 3.8) is 0 Å². The van der Waals surface area contributed by atoms with E-state index in [1.807, 2.05) is 6.07 Å². The van der Waals surface area contributed by atoms with E-state index in [9.17, 15) is 4.79 Å². The van der Waals surface area contributed by atoms with Crippen LogP contribution in [0.3, 0.4) is 0 Å². The summed E-state index contributed by atoms with van der Waals surface area (Å²) in [4.78, 5) is 11.8. The molecule has 0 bridgehead atoms. The summed E-state index contributed by atoms with van der Waals surface area (Å²) in [5, 5.41) is 0. The van der Waals surface area contributed by atoms with Crippen LogP contribution in [-0.4, -0.2) is 5.97 Å². The zero-order valence-electron chi connectivity index (χ0n) is 17.5. The van der Waals surface area contributed by atoms with Gasteiger partial charge in [-0.1, -0.05) is 51.0 Å². The first-order valence-corrected chi connectivity index (χ1v) is 9.72. The van der Waals surface area contributed by atoms with Crippen LogP contribution in [0, 0.1) is 6.92 Å². The maximum atomic E-state index is 11.8. The second-order valence-electron chi connectivity index (χ2n) is 8.74. The van der Waals surface area contributed by atoms with Crippen LogP contribution in [0.5, 0.6) is 11.5 Å². The summed E-state index contributed by atoms with van der Waals surface area (Å²) in [5.41, 5.74) is 4.88. The van der Waals surface area contributed by atoms with Crippen molar-refractivity contribution in [1.82, 2.24) is 0 Å². The fourth-order valence-electron chi connectivity index (χ4n) is 4.05. The number of hydrogen-bond donors (Lipinski definition) is 0. The molecule has 0 N–H and O–H groups in total. The maximum Gasteiger partial charge on any atom is 0.308 e. The minimum atomic E-state index is -0.447. The van der Waals surface area contributed by atoms with Crippen LogP contribution in [0.1, 0.15) is 71.1 Å². The third-order valence-electron chi connectivity index (χ3n) is 5.43. The van der Waals surface area contributed by atoms with E-state index in [1.54, 1.807) is 0 Å². The number of ether oxygens (including phenoxy) is 2. The van der Waals surface area contributed by atoms with Gasteiger partial charge in [0.15, 0.2) is 0 Å². The van der Waals surface area contributed by atoms with Crippen molar-refractivity contribution in [3.05, 3.63) is 47.0 Å². The number of esters is 1. The number of aryl methyl sites for hydroxylation is 1. The van der Waals surface area contributed by atoms with Crippen LogP contribution in [0.2, 0.25) is 0 Å². The molecule has 0 saturated heterocycles. The van der Waals surface area contributed by atoms with Crippen molar-refractivity contribution < 1.29 is 14.3 Å². The molecular formula is C24H30O3. The first-order chi connectivity index (χ1) is 12.5. The molecule has 0 amide bonds. The van der Waals surface area contributed by atoms with Crippen molar-refractivity contribution in [2.24, 2.45) is 0 Å². The van der Waals surface area contributed by atoms with E-state index in [1.165, 1.54) is 12.5 Å². The zero-order valence-corrected chi connectivity index (χ0v) is 17.5. The monoisotopic (exact) mass is 366 g/mol.